The van der Waals surface area contributed by atoms with Gasteiger partial charge in [-0.1, -0.05) is 0 Å². The summed E-state index contributed by atoms with van der Waals surface area (Å²) in [5.74, 6) is -0.333. The number of rotatable bonds is 4. The van der Waals surface area contributed by atoms with Gasteiger partial charge in [0.15, 0.2) is 0 Å². The Balaban J connectivity index is 1.83. The number of aromatic amines is 1. The van der Waals surface area contributed by atoms with Crippen LogP contribution in [-0.2, 0) is 11.8 Å². The zero-order valence-corrected chi connectivity index (χ0v) is 13.6. The predicted molar refractivity (Wildman–Crippen MR) is 91.6 cm³/mol. The van der Waals surface area contributed by atoms with E-state index < -0.39 is 0 Å². The van der Waals surface area contributed by atoms with Crippen LogP contribution in [0.3, 0.4) is 0 Å². The third-order valence-electron chi connectivity index (χ3n) is 3.50. The van der Waals surface area contributed by atoms with E-state index in [2.05, 4.69) is 20.5 Å². The van der Waals surface area contributed by atoms with Crippen molar-refractivity contribution in [3.05, 3.63) is 46.7 Å². The van der Waals surface area contributed by atoms with Crippen LogP contribution in [0.2, 0.25) is 0 Å². The molecular weight excluding hydrogens is 308 g/mol. The number of hydrogen-bond donors (Lipinski definition) is 2. The topological polar surface area (TPSA) is 97.6 Å². The number of carbonyl (C=O) groups is 1. The molecule has 0 spiro atoms. The van der Waals surface area contributed by atoms with Gasteiger partial charge < -0.3 is 10.3 Å². The van der Waals surface area contributed by atoms with E-state index in [1.165, 1.54) is 12.2 Å². The number of hydrogen-bond acceptors (Lipinski definition) is 4. The van der Waals surface area contributed by atoms with Gasteiger partial charge in [-0.15, -0.1) is 0 Å². The first-order valence-electron chi connectivity index (χ1n) is 7.52. The Hall–Kier alpha value is -3.16. The van der Waals surface area contributed by atoms with E-state index >= 15 is 0 Å². The summed E-state index contributed by atoms with van der Waals surface area (Å²) in [7, 11) is 1.76. The monoisotopic (exact) mass is 326 g/mol. The second-order valence-electron chi connectivity index (χ2n) is 5.77. The highest BCUT2D eigenvalue weighted by Gasteiger charge is 2.09. The minimum absolute atomic E-state index is 0.143. The van der Waals surface area contributed by atoms with Crippen molar-refractivity contribution in [1.82, 2.24) is 24.5 Å². The summed E-state index contributed by atoms with van der Waals surface area (Å²) in [4.78, 5) is 26.9. The number of amides is 1. The highest BCUT2D eigenvalue weighted by atomic mass is 16.1. The fourth-order valence-corrected chi connectivity index (χ4v) is 2.37. The van der Waals surface area contributed by atoms with Crippen molar-refractivity contribution < 1.29 is 4.79 Å². The molecule has 24 heavy (non-hydrogen) atoms. The number of anilines is 1. The minimum Gasteiger partial charge on any atom is -0.320 e. The zero-order valence-electron chi connectivity index (χ0n) is 13.6. The first-order valence-corrected chi connectivity index (χ1v) is 7.52. The molecule has 0 aliphatic rings. The Morgan fingerprint density at radius 2 is 2.12 bits per heavy atom. The molecule has 0 saturated carbocycles. The normalized spacial score (nSPS) is 11.7. The van der Waals surface area contributed by atoms with Gasteiger partial charge in [-0.05, 0) is 26.0 Å². The number of nitrogens with one attached hydrogen (secondary N) is 2. The summed E-state index contributed by atoms with van der Waals surface area (Å²) in [5, 5.41) is 11.7. The van der Waals surface area contributed by atoms with Crippen molar-refractivity contribution in [2.45, 2.75) is 19.9 Å². The Kier molecular flexibility index (Phi) is 4.03. The number of nitrogens with zero attached hydrogens (tertiary/aromatic N) is 4. The van der Waals surface area contributed by atoms with Gasteiger partial charge >= 0.3 is 0 Å². The van der Waals surface area contributed by atoms with Crippen molar-refractivity contribution in [3.8, 4) is 0 Å². The average Bonchev–Trinajstić information content (AvgIpc) is 3.10. The number of carbonyl (C=O) groups excluding carboxylic acids is 1. The van der Waals surface area contributed by atoms with Gasteiger partial charge in [0.05, 0.1) is 18.1 Å². The number of fused-ring (bicyclic) bond motifs is 1. The molecule has 0 fully saturated rings. The Bertz CT molecular complexity index is 976. The molecule has 0 saturated heterocycles. The lowest BCUT2D eigenvalue weighted by Gasteiger charge is -2.06. The molecule has 0 aliphatic carbocycles. The van der Waals surface area contributed by atoms with Crippen molar-refractivity contribution in [2.24, 2.45) is 7.05 Å². The predicted octanol–water partition coefficient (Wildman–Crippen LogP) is 1.69. The van der Waals surface area contributed by atoms with Gasteiger partial charge in [-0.3, -0.25) is 14.3 Å². The third-order valence-corrected chi connectivity index (χ3v) is 3.50. The molecule has 2 N–H and O–H groups in total. The van der Waals surface area contributed by atoms with E-state index in [9.17, 15) is 9.59 Å². The summed E-state index contributed by atoms with van der Waals surface area (Å²) in [5.41, 5.74) is 1.39. The maximum Gasteiger partial charge on any atom is 0.256 e. The smallest absolute Gasteiger partial charge is 0.256 e. The van der Waals surface area contributed by atoms with Crippen LogP contribution in [0.25, 0.3) is 17.1 Å². The van der Waals surface area contributed by atoms with Crippen LogP contribution in [0.1, 0.15) is 25.5 Å². The number of pyridine rings is 1. The summed E-state index contributed by atoms with van der Waals surface area (Å²) >= 11 is 0. The first-order chi connectivity index (χ1) is 11.4. The number of aromatic nitrogens is 5. The Labute approximate surface area is 137 Å². The lowest BCUT2D eigenvalue weighted by Crippen LogP contribution is -2.13. The van der Waals surface area contributed by atoms with Crippen LogP contribution < -0.4 is 10.9 Å². The fraction of sp³-hybridized carbons (Fsp3) is 0.250. The van der Waals surface area contributed by atoms with Crippen molar-refractivity contribution in [2.75, 3.05) is 5.32 Å². The van der Waals surface area contributed by atoms with Gasteiger partial charge in [-0.25, -0.2) is 4.68 Å². The molecule has 1 amide bonds. The fourth-order valence-electron chi connectivity index (χ4n) is 2.37. The molecular formula is C16H18N6O2. The average molecular weight is 326 g/mol. The van der Waals surface area contributed by atoms with E-state index in [-0.39, 0.29) is 17.5 Å². The highest BCUT2D eigenvalue weighted by molar-refractivity contribution is 6.01. The van der Waals surface area contributed by atoms with Crippen LogP contribution in [0.4, 0.5) is 5.69 Å². The van der Waals surface area contributed by atoms with Gasteiger partial charge in [-0.2, -0.15) is 10.2 Å². The molecule has 8 heteroatoms. The molecule has 0 aliphatic heterocycles. The quantitative estimate of drug-likeness (QED) is 0.713. The maximum absolute atomic E-state index is 12.2. The Morgan fingerprint density at radius 1 is 1.33 bits per heavy atom. The summed E-state index contributed by atoms with van der Waals surface area (Å²) in [6.07, 6.45) is 7.72. The van der Waals surface area contributed by atoms with Crippen molar-refractivity contribution in [3.63, 3.8) is 0 Å². The van der Waals surface area contributed by atoms with Crippen LogP contribution in [0.15, 0.2) is 35.5 Å². The third kappa shape index (κ3) is 3.12. The van der Waals surface area contributed by atoms with Gasteiger partial charge in [0.25, 0.3) is 5.56 Å². The zero-order chi connectivity index (χ0) is 17.3. The Morgan fingerprint density at radius 3 is 2.79 bits per heavy atom. The molecule has 0 atom stereocenters. The minimum atomic E-state index is -0.333. The van der Waals surface area contributed by atoms with Gasteiger partial charge in [0, 0.05) is 36.3 Å². The highest BCUT2D eigenvalue weighted by Crippen LogP contribution is 2.15. The second-order valence-corrected chi connectivity index (χ2v) is 5.77. The lowest BCUT2D eigenvalue weighted by molar-refractivity contribution is -0.111. The van der Waals surface area contributed by atoms with Crippen LogP contribution >= 0.6 is 0 Å². The molecule has 0 unspecified atom stereocenters. The number of aryl methyl sites for hydroxylation is 1. The molecule has 8 nitrogen and oxygen atoms in total. The van der Waals surface area contributed by atoms with Crippen LogP contribution in [0.5, 0.6) is 0 Å². The molecule has 0 bridgehead atoms. The van der Waals surface area contributed by atoms with Gasteiger partial charge in [0.2, 0.25) is 5.91 Å². The SMILES string of the molecule is CC(C)n1ncc2cc(C=CC(=O)Nc3cnn(C)c3)c(=O)[nH]c21. The molecule has 0 aromatic carbocycles. The lowest BCUT2D eigenvalue weighted by atomic mass is 10.2. The van der Waals surface area contributed by atoms with E-state index in [0.717, 1.165) is 5.39 Å². The largest absolute Gasteiger partial charge is 0.320 e. The molecule has 0 radical (unpaired) electrons. The second kappa shape index (κ2) is 6.15. The molecule has 3 aromatic rings. The van der Waals surface area contributed by atoms with Crippen LogP contribution in [-0.4, -0.2) is 30.5 Å². The van der Waals surface area contributed by atoms with Gasteiger partial charge in [0.1, 0.15) is 5.65 Å². The summed E-state index contributed by atoms with van der Waals surface area (Å²) in [6, 6.07) is 1.86. The van der Waals surface area contributed by atoms with E-state index in [1.54, 1.807) is 41.1 Å². The molecule has 3 heterocycles. The summed E-state index contributed by atoms with van der Waals surface area (Å²) in [6.45, 7) is 3.97. The first kappa shape index (κ1) is 15.7. The van der Waals surface area contributed by atoms with E-state index in [4.69, 9.17) is 0 Å². The van der Waals surface area contributed by atoms with E-state index in [0.29, 0.717) is 16.9 Å². The van der Waals surface area contributed by atoms with Crippen molar-refractivity contribution in [1.29, 1.82) is 0 Å². The van der Waals surface area contributed by atoms with Crippen molar-refractivity contribution >= 4 is 28.7 Å². The maximum atomic E-state index is 12.2. The molecule has 124 valence electrons. The van der Waals surface area contributed by atoms with Crippen LogP contribution in [0, 0.1) is 0 Å². The molecule has 3 rings (SSSR count). The molecule has 3 aromatic heterocycles. The van der Waals surface area contributed by atoms with E-state index in [1.807, 2.05) is 13.8 Å². The summed E-state index contributed by atoms with van der Waals surface area (Å²) < 4.78 is 3.34. The number of H-pyrrole nitrogens is 1. The standard InChI is InChI=1S/C16H18N6O2/c1-10(2)22-15-12(7-18-22)6-11(16(24)20-15)4-5-14(23)19-13-8-17-21(3)9-13/h4-10H,1-3H3,(H,19,23)(H,20,24).